The lowest BCUT2D eigenvalue weighted by molar-refractivity contribution is -0.132. The van der Waals surface area contributed by atoms with E-state index in [1.807, 2.05) is 45.9 Å². The molecule has 6 nitrogen and oxygen atoms in total. The fraction of sp³-hybridized carbons (Fsp3) is 0.241. The van der Waals surface area contributed by atoms with E-state index < -0.39 is 17.7 Å². The Bertz CT molecular complexity index is 1290. The summed E-state index contributed by atoms with van der Waals surface area (Å²) in [6.07, 6.45) is 0.00723. The number of benzene rings is 3. The Kier molecular flexibility index (Phi) is 6.65. The van der Waals surface area contributed by atoms with Crippen LogP contribution < -0.4 is 14.4 Å². The highest BCUT2D eigenvalue weighted by Gasteiger charge is 2.47. The quantitative estimate of drug-likeness (QED) is 0.282. The number of carbonyl (C=O) groups is 2. The third-order valence-electron chi connectivity index (χ3n) is 6.14. The molecule has 180 valence electrons. The van der Waals surface area contributed by atoms with Crippen molar-refractivity contribution in [3.8, 4) is 11.5 Å². The first-order chi connectivity index (χ1) is 16.7. The summed E-state index contributed by atoms with van der Waals surface area (Å²) in [4.78, 5) is 28.1. The van der Waals surface area contributed by atoms with Crippen molar-refractivity contribution in [1.82, 2.24) is 0 Å². The maximum absolute atomic E-state index is 13.3. The fourth-order valence-electron chi connectivity index (χ4n) is 4.19. The molecule has 1 fully saturated rings. The molecular weight excluding hydrogens is 442 g/mol. The highest BCUT2D eigenvalue weighted by Crippen LogP contribution is 2.43. The number of aliphatic hydroxyl groups is 1. The normalized spacial score (nSPS) is 17.2. The van der Waals surface area contributed by atoms with Crippen LogP contribution in [0.2, 0.25) is 0 Å². The molecule has 1 saturated heterocycles. The number of aliphatic hydroxyl groups excluding tert-OH is 1. The van der Waals surface area contributed by atoms with Gasteiger partial charge in [-0.3, -0.25) is 14.5 Å². The van der Waals surface area contributed by atoms with Crippen molar-refractivity contribution in [1.29, 1.82) is 0 Å². The van der Waals surface area contributed by atoms with Crippen LogP contribution >= 0.6 is 0 Å². The van der Waals surface area contributed by atoms with Crippen LogP contribution in [0.25, 0.3) is 5.76 Å². The van der Waals surface area contributed by atoms with Crippen molar-refractivity contribution in [3.63, 3.8) is 0 Å². The lowest BCUT2D eigenvalue weighted by atomic mass is 9.95. The first-order valence-corrected chi connectivity index (χ1v) is 11.5. The van der Waals surface area contributed by atoms with E-state index in [0.717, 1.165) is 11.1 Å². The summed E-state index contributed by atoms with van der Waals surface area (Å²) in [6.45, 7) is 7.80. The molecule has 3 aromatic rings. The first-order valence-electron chi connectivity index (χ1n) is 11.5. The molecule has 1 aliphatic heterocycles. The van der Waals surface area contributed by atoms with Crippen LogP contribution in [0, 0.1) is 13.8 Å². The highest BCUT2D eigenvalue weighted by molar-refractivity contribution is 6.51. The average Bonchev–Trinajstić information content (AvgIpc) is 3.11. The number of hydrogen-bond donors (Lipinski definition) is 1. The van der Waals surface area contributed by atoms with E-state index in [0.29, 0.717) is 28.3 Å². The zero-order chi connectivity index (χ0) is 25.3. The molecule has 1 unspecified atom stereocenters. The Morgan fingerprint density at radius 2 is 1.51 bits per heavy atom. The monoisotopic (exact) mass is 471 g/mol. The number of ether oxygens (including phenoxy) is 2. The molecule has 35 heavy (non-hydrogen) atoms. The van der Waals surface area contributed by atoms with E-state index in [9.17, 15) is 14.7 Å². The second kappa shape index (κ2) is 9.66. The van der Waals surface area contributed by atoms with Crippen molar-refractivity contribution >= 4 is 23.1 Å². The van der Waals surface area contributed by atoms with Crippen LogP contribution in [-0.2, 0) is 9.59 Å². The van der Waals surface area contributed by atoms with Crippen LogP contribution in [-0.4, -0.2) is 30.0 Å². The molecule has 1 aliphatic rings. The number of Topliss-reactive ketones (excluding diaryl/α,β-unsaturated/α-hetero) is 1. The van der Waals surface area contributed by atoms with Gasteiger partial charge in [0.15, 0.2) is 0 Å². The van der Waals surface area contributed by atoms with Gasteiger partial charge in [-0.2, -0.15) is 0 Å². The Hall–Kier alpha value is -4.06. The van der Waals surface area contributed by atoms with Gasteiger partial charge >= 0.3 is 0 Å². The minimum atomic E-state index is -0.797. The zero-order valence-electron chi connectivity index (χ0n) is 20.5. The molecule has 1 amide bonds. The van der Waals surface area contributed by atoms with E-state index in [4.69, 9.17) is 9.47 Å². The average molecular weight is 472 g/mol. The Morgan fingerprint density at radius 3 is 2.09 bits per heavy atom. The Morgan fingerprint density at radius 1 is 0.886 bits per heavy atom. The largest absolute Gasteiger partial charge is 0.507 e. The van der Waals surface area contributed by atoms with E-state index in [1.165, 1.54) is 4.90 Å². The number of anilines is 1. The standard InChI is InChI=1S/C29H29NO5/c1-17(2)35-24-14-9-21(10-15-24)27(31)25-26(20-7-12-23(34-5)13-8-20)30(29(33)28(25)32)22-11-6-18(3)19(4)16-22/h6-17,26,31H,1-5H3/b27-25+. The smallest absolute Gasteiger partial charge is 0.300 e. The van der Waals surface area contributed by atoms with Gasteiger partial charge in [-0.25, -0.2) is 0 Å². The van der Waals surface area contributed by atoms with Gasteiger partial charge in [0.2, 0.25) is 0 Å². The minimum absolute atomic E-state index is 0.00723. The predicted molar refractivity (Wildman–Crippen MR) is 136 cm³/mol. The van der Waals surface area contributed by atoms with Gasteiger partial charge in [-0.15, -0.1) is 0 Å². The summed E-state index contributed by atoms with van der Waals surface area (Å²) in [7, 11) is 1.57. The third kappa shape index (κ3) is 4.64. The summed E-state index contributed by atoms with van der Waals surface area (Å²) in [5, 5.41) is 11.3. The highest BCUT2D eigenvalue weighted by atomic mass is 16.5. The molecular formula is C29H29NO5. The summed E-state index contributed by atoms with van der Waals surface area (Å²) < 4.78 is 11.0. The molecule has 0 aliphatic carbocycles. The van der Waals surface area contributed by atoms with Crippen molar-refractivity contribution in [3.05, 3.63) is 94.6 Å². The topological polar surface area (TPSA) is 76.1 Å². The van der Waals surface area contributed by atoms with Crippen molar-refractivity contribution in [2.45, 2.75) is 39.8 Å². The van der Waals surface area contributed by atoms with Crippen molar-refractivity contribution < 1.29 is 24.2 Å². The van der Waals surface area contributed by atoms with Crippen LogP contribution in [0.5, 0.6) is 11.5 Å². The van der Waals surface area contributed by atoms with Crippen molar-refractivity contribution in [2.24, 2.45) is 0 Å². The van der Waals surface area contributed by atoms with Crippen molar-refractivity contribution in [2.75, 3.05) is 12.0 Å². The maximum Gasteiger partial charge on any atom is 0.300 e. The number of rotatable bonds is 6. The number of carbonyl (C=O) groups excluding carboxylic acids is 2. The van der Waals surface area contributed by atoms with E-state index in [1.54, 1.807) is 55.6 Å². The zero-order valence-corrected chi connectivity index (χ0v) is 20.5. The second-order valence-electron chi connectivity index (χ2n) is 8.90. The van der Waals surface area contributed by atoms with Crippen LogP contribution in [0.3, 0.4) is 0 Å². The predicted octanol–water partition coefficient (Wildman–Crippen LogP) is 5.73. The van der Waals surface area contributed by atoms with Gasteiger partial charge < -0.3 is 14.6 Å². The number of aryl methyl sites for hydroxylation is 2. The maximum atomic E-state index is 13.3. The molecule has 0 saturated carbocycles. The Balaban J connectivity index is 1.87. The van der Waals surface area contributed by atoms with Gasteiger partial charge in [-0.1, -0.05) is 18.2 Å². The molecule has 0 aromatic heterocycles. The Labute approximate surface area is 205 Å². The van der Waals surface area contributed by atoms with E-state index in [2.05, 4.69) is 0 Å². The molecule has 1 atom stereocenters. The number of amides is 1. The third-order valence-corrected chi connectivity index (χ3v) is 6.14. The first kappa shape index (κ1) is 24.1. The van der Waals surface area contributed by atoms with Gasteiger partial charge in [0.25, 0.3) is 11.7 Å². The summed E-state index contributed by atoms with van der Waals surface area (Å²) >= 11 is 0. The summed E-state index contributed by atoms with van der Waals surface area (Å²) in [5.74, 6) is -0.345. The van der Waals surface area contributed by atoms with Gasteiger partial charge in [0.1, 0.15) is 17.3 Å². The number of nitrogens with zero attached hydrogens (tertiary/aromatic N) is 1. The number of ketones is 1. The number of hydrogen-bond acceptors (Lipinski definition) is 5. The molecule has 1 N–H and O–H groups in total. The lowest BCUT2D eigenvalue weighted by Gasteiger charge is -2.26. The van der Waals surface area contributed by atoms with E-state index >= 15 is 0 Å². The fourth-order valence-corrected chi connectivity index (χ4v) is 4.19. The van der Waals surface area contributed by atoms with Gasteiger partial charge in [0, 0.05) is 11.3 Å². The molecule has 0 bridgehead atoms. The molecule has 6 heteroatoms. The summed E-state index contributed by atoms with van der Waals surface area (Å²) in [5.41, 5.74) is 3.82. The lowest BCUT2D eigenvalue weighted by Crippen LogP contribution is -2.29. The molecule has 1 heterocycles. The molecule has 0 radical (unpaired) electrons. The number of methoxy groups -OCH3 is 1. The van der Waals surface area contributed by atoms with Crippen LogP contribution in [0.1, 0.15) is 42.1 Å². The second-order valence-corrected chi connectivity index (χ2v) is 8.90. The summed E-state index contributed by atoms with van der Waals surface area (Å²) in [6, 6.07) is 18.8. The van der Waals surface area contributed by atoms with Gasteiger partial charge in [0.05, 0.1) is 24.8 Å². The van der Waals surface area contributed by atoms with Crippen LogP contribution in [0.4, 0.5) is 5.69 Å². The molecule has 4 rings (SSSR count). The SMILES string of the molecule is COc1ccc(C2/C(=C(\O)c3ccc(OC(C)C)cc3)C(=O)C(=O)N2c2ccc(C)c(C)c2)cc1. The van der Waals surface area contributed by atoms with Gasteiger partial charge in [-0.05, 0) is 92.9 Å². The molecule has 3 aromatic carbocycles. The minimum Gasteiger partial charge on any atom is -0.507 e. The molecule has 0 spiro atoms. The van der Waals surface area contributed by atoms with E-state index in [-0.39, 0.29) is 17.4 Å². The van der Waals surface area contributed by atoms with Crippen LogP contribution in [0.15, 0.2) is 72.3 Å².